The maximum absolute atomic E-state index is 12.9. The zero-order valence-corrected chi connectivity index (χ0v) is 18.1. The summed E-state index contributed by atoms with van der Waals surface area (Å²) in [5.74, 6) is -1.14. The van der Waals surface area contributed by atoms with E-state index in [2.05, 4.69) is 10.6 Å². The van der Waals surface area contributed by atoms with Crippen molar-refractivity contribution in [3.05, 3.63) is 106 Å². The number of carbonyl (C=O) groups is 3. The van der Waals surface area contributed by atoms with E-state index in [4.69, 9.17) is 17.3 Å². The van der Waals surface area contributed by atoms with Gasteiger partial charge in [-0.25, -0.2) is 0 Å². The fraction of sp³-hybridized carbons (Fsp3) is 0.160. The number of rotatable bonds is 9. The van der Waals surface area contributed by atoms with Gasteiger partial charge in [0.2, 0.25) is 11.8 Å². The SMILES string of the molecule is NC(=O)c1cccc(CCNC(=O)C(Cc2ccccc2)NC(=O)c2ccc(Cl)cc2)c1. The van der Waals surface area contributed by atoms with Crippen LogP contribution in [-0.2, 0) is 17.6 Å². The normalized spacial score (nSPS) is 11.4. The number of nitrogens with one attached hydrogen (secondary N) is 2. The third-order valence-corrected chi connectivity index (χ3v) is 5.19. The van der Waals surface area contributed by atoms with Crippen molar-refractivity contribution < 1.29 is 14.4 Å². The smallest absolute Gasteiger partial charge is 0.251 e. The predicted octanol–water partition coefficient (Wildman–Crippen LogP) is 3.14. The predicted molar refractivity (Wildman–Crippen MR) is 125 cm³/mol. The Morgan fingerprint density at radius 2 is 1.53 bits per heavy atom. The van der Waals surface area contributed by atoms with Crippen LogP contribution in [0.1, 0.15) is 31.8 Å². The van der Waals surface area contributed by atoms with Crippen molar-refractivity contribution in [3.8, 4) is 0 Å². The molecular formula is C25H24ClN3O3. The molecule has 0 fully saturated rings. The van der Waals surface area contributed by atoms with E-state index in [0.717, 1.165) is 11.1 Å². The Balaban J connectivity index is 1.65. The highest BCUT2D eigenvalue weighted by molar-refractivity contribution is 6.30. The summed E-state index contributed by atoms with van der Waals surface area (Å²) in [6, 6.07) is 22.2. The van der Waals surface area contributed by atoms with Gasteiger partial charge in [0.1, 0.15) is 6.04 Å². The van der Waals surface area contributed by atoms with Gasteiger partial charge in [-0.05, 0) is 53.9 Å². The van der Waals surface area contributed by atoms with E-state index in [0.29, 0.717) is 35.5 Å². The number of nitrogens with two attached hydrogens (primary N) is 1. The number of carbonyl (C=O) groups excluding carboxylic acids is 3. The molecule has 0 aliphatic heterocycles. The number of hydrogen-bond acceptors (Lipinski definition) is 3. The van der Waals surface area contributed by atoms with E-state index in [1.807, 2.05) is 36.4 Å². The summed E-state index contributed by atoms with van der Waals surface area (Å²) >= 11 is 5.89. The van der Waals surface area contributed by atoms with Crippen LogP contribution < -0.4 is 16.4 Å². The molecule has 6 nitrogen and oxygen atoms in total. The van der Waals surface area contributed by atoms with Crippen LogP contribution in [-0.4, -0.2) is 30.3 Å². The molecular weight excluding hydrogens is 426 g/mol. The maximum Gasteiger partial charge on any atom is 0.251 e. The van der Waals surface area contributed by atoms with Crippen LogP contribution in [0.15, 0.2) is 78.9 Å². The van der Waals surface area contributed by atoms with E-state index in [1.54, 1.807) is 42.5 Å². The third-order valence-electron chi connectivity index (χ3n) is 4.94. The number of amides is 3. The second kappa shape index (κ2) is 11.1. The van der Waals surface area contributed by atoms with Crippen molar-refractivity contribution >= 4 is 29.3 Å². The van der Waals surface area contributed by atoms with Gasteiger partial charge in [0.25, 0.3) is 5.91 Å². The van der Waals surface area contributed by atoms with Crippen LogP contribution >= 0.6 is 11.6 Å². The first kappa shape index (κ1) is 23.0. The monoisotopic (exact) mass is 449 g/mol. The van der Waals surface area contributed by atoms with Crippen molar-refractivity contribution in [1.29, 1.82) is 0 Å². The summed E-state index contributed by atoms with van der Waals surface area (Å²) in [6.45, 7) is 0.350. The molecule has 0 heterocycles. The first-order chi connectivity index (χ1) is 15.4. The Kier molecular flexibility index (Phi) is 8.00. The lowest BCUT2D eigenvalue weighted by atomic mass is 10.0. The Labute approximate surface area is 191 Å². The van der Waals surface area contributed by atoms with Crippen molar-refractivity contribution in [2.45, 2.75) is 18.9 Å². The summed E-state index contributed by atoms with van der Waals surface area (Å²) in [7, 11) is 0. The molecule has 0 aliphatic rings. The molecule has 1 unspecified atom stereocenters. The second-order valence-corrected chi connectivity index (χ2v) is 7.76. The van der Waals surface area contributed by atoms with Gasteiger partial charge in [-0.2, -0.15) is 0 Å². The minimum atomic E-state index is -0.752. The zero-order chi connectivity index (χ0) is 22.9. The van der Waals surface area contributed by atoms with E-state index in [9.17, 15) is 14.4 Å². The minimum Gasteiger partial charge on any atom is -0.366 e. The van der Waals surface area contributed by atoms with Crippen LogP contribution in [0.3, 0.4) is 0 Å². The van der Waals surface area contributed by atoms with Crippen LogP contribution in [0.4, 0.5) is 0 Å². The molecule has 4 N–H and O–H groups in total. The van der Waals surface area contributed by atoms with Crippen LogP contribution in [0.25, 0.3) is 0 Å². The molecule has 3 amide bonds. The van der Waals surface area contributed by atoms with Crippen molar-refractivity contribution in [2.75, 3.05) is 6.54 Å². The van der Waals surface area contributed by atoms with Crippen LogP contribution in [0.2, 0.25) is 5.02 Å². The average molecular weight is 450 g/mol. The van der Waals surface area contributed by atoms with E-state index in [-0.39, 0.29) is 11.8 Å². The molecule has 0 saturated heterocycles. The first-order valence-electron chi connectivity index (χ1n) is 10.2. The van der Waals surface area contributed by atoms with Gasteiger partial charge in [0.05, 0.1) is 0 Å². The average Bonchev–Trinajstić information content (AvgIpc) is 2.80. The third kappa shape index (κ3) is 6.68. The molecule has 0 spiro atoms. The maximum atomic E-state index is 12.9. The fourth-order valence-electron chi connectivity index (χ4n) is 3.24. The second-order valence-electron chi connectivity index (χ2n) is 7.33. The summed E-state index contributed by atoms with van der Waals surface area (Å²) in [5, 5.41) is 6.22. The molecule has 0 saturated carbocycles. The van der Waals surface area contributed by atoms with E-state index in [1.165, 1.54) is 0 Å². The molecule has 3 aromatic carbocycles. The quantitative estimate of drug-likeness (QED) is 0.467. The van der Waals surface area contributed by atoms with E-state index >= 15 is 0 Å². The van der Waals surface area contributed by atoms with Crippen molar-refractivity contribution in [3.63, 3.8) is 0 Å². The lowest BCUT2D eigenvalue weighted by Gasteiger charge is -2.19. The Hall–Kier alpha value is -3.64. The zero-order valence-electron chi connectivity index (χ0n) is 17.4. The first-order valence-corrected chi connectivity index (χ1v) is 10.6. The number of primary amides is 1. The van der Waals surface area contributed by atoms with Crippen molar-refractivity contribution in [2.24, 2.45) is 5.73 Å². The molecule has 164 valence electrons. The minimum absolute atomic E-state index is 0.290. The summed E-state index contributed by atoms with van der Waals surface area (Å²) in [6.07, 6.45) is 0.874. The number of halogens is 1. The van der Waals surface area contributed by atoms with Gasteiger partial charge < -0.3 is 16.4 Å². The van der Waals surface area contributed by atoms with Crippen LogP contribution in [0.5, 0.6) is 0 Å². The highest BCUT2D eigenvalue weighted by atomic mass is 35.5. The van der Waals surface area contributed by atoms with Crippen LogP contribution in [0, 0.1) is 0 Å². The summed E-state index contributed by atoms with van der Waals surface area (Å²) in [4.78, 5) is 36.9. The topological polar surface area (TPSA) is 101 Å². The van der Waals surface area contributed by atoms with Gasteiger partial charge in [-0.1, -0.05) is 54.1 Å². The van der Waals surface area contributed by atoms with Gasteiger partial charge in [0, 0.05) is 29.1 Å². The fourth-order valence-corrected chi connectivity index (χ4v) is 3.36. The molecule has 0 aromatic heterocycles. The molecule has 7 heteroatoms. The Morgan fingerprint density at radius 3 is 2.22 bits per heavy atom. The molecule has 0 radical (unpaired) electrons. The standard InChI is InChI=1S/C25H24ClN3O3/c26-21-11-9-19(10-12-21)24(31)29-22(16-17-5-2-1-3-6-17)25(32)28-14-13-18-7-4-8-20(15-18)23(27)30/h1-12,15,22H,13-14,16H2,(H2,27,30)(H,28,32)(H,29,31). The van der Waals surface area contributed by atoms with E-state index < -0.39 is 11.9 Å². The largest absolute Gasteiger partial charge is 0.366 e. The molecule has 0 aliphatic carbocycles. The Bertz CT molecular complexity index is 1090. The van der Waals surface area contributed by atoms with Gasteiger partial charge in [-0.15, -0.1) is 0 Å². The molecule has 3 rings (SSSR count). The number of hydrogen-bond donors (Lipinski definition) is 3. The molecule has 3 aromatic rings. The summed E-state index contributed by atoms with van der Waals surface area (Å²) in [5.41, 5.74) is 7.97. The Morgan fingerprint density at radius 1 is 0.844 bits per heavy atom. The highest BCUT2D eigenvalue weighted by Crippen LogP contribution is 2.11. The molecule has 0 bridgehead atoms. The van der Waals surface area contributed by atoms with Gasteiger partial charge in [0.15, 0.2) is 0 Å². The number of benzene rings is 3. The lowest BCUT2D eigenvalue weighted by Crippen LogP contribution is -2.48. The van der Waals surface area contributed by atoms with Gasteiger partial charge >= 0.3 is 0 Å². The summed E-state index contributed by atoms with van der Waals surface area (Å²) < 4.78 is 0. The highest BCUT2D eigenvalue weighted by Gasteiger charge is 2.21. The van der Waals surface area contributed by atoms with Crippen molar-refractivity contribution in [1.82, 2.24) is 10.6 Å². The van der Waals surface area contributed by atoms with Gasteiger partial charge in [-0.3, -0.25) is 14.4 Å². The molecule has 1 atom stereocenters. The molecule has 32 heavy (non-hydrogen) atoms. The lowest BCUT2D eigenvalue weighted by molar-refractivity contribution is -0.122.